The molecule has 0 unspecified atom stereocenters. The van der Waals surface area contributed by atoms with Crippen molar-refractivity contribution < 1.29 is 13.9 Å². The molecule has 19 heavy (non-hydrogen) atoms. The Morgan fingerprint density at radius 3 is 2.84 bits per heavy atom. The lowest BCUT2D eigenvalue weighted by Gasteiger charge is -2.12. The average Bonchev–Trinajstić information content (AvgIpc) is 2.82. The summed E-state index contributed by atoms with van der Waals surface area (Å²) in [4.78, 5) is 11.9. The maximum absolute atomic E-state index is 13.0. The predicted molar refractivity (Wildman–Crippen MR) is 76.9 cm³/mol. The van der Waals surface area contributed by atoms with E-state index in [9.17, 15) is 9.18 Å². The summed E-state index contributed by atoms with van der Waals surface area (Å²) in [5, 5.41) is 2.70. The molecular formula is C12H15BrClFN2O2. The zero-order chi connectivity index (χ0) is 13.1. The van der Waals surface area contributed by atoms with Gasteiger partial charge in [0.2, 0.25) is 0 Å². The summed E-state index contributed by atoms with van der Waals surface area (Å²) >= 11 is 3.07. The Kier molecular flexibility index (Phi) is 6.19. The van der Waals surface area contributed by atoms with E-state index in [4.69, 9.17) is 10.5 Å². The SMILES string of the molecule is Cl.NC[C@H]1CC[C@@H](C(=O)Nc2ccc(F)c(Br)c2)O1. The van der Waals surface area contributed by atoms with Gasteiger partial charge < -0.3 is 15.8 Å². The number of hydrogen-bond donors (Lipinski definition) is 2. The van der Waals surface area contributed by atoms with Gasteiger partial charge in [0, 0.05) is 12.2 Å². The van der Waals surface area contributed by atoms with Crippen LogP contribution in [0.5, 0.6) is 0 Å². The third kappa shape index (κ3) is 4.14. The van der Waals surface area contributed by atoms with Crippen molar-refractivity contribution in [3.05, 3.63) is 28.5 Å². The van der Waals surface area contributed by atoms with Crippen LogP contribution in [-0.4, -0.2) is 24.7 Å². The van der Waals surface area contributed by atoms with Crippen LogP contribution in [-0.2, 0) is 9.53 Å². The molecule has 0 spiro atoms. The minimum atomic E-state index is -0.470. The van der Waals surface area contributed by atoms with Crippen molar-refractivity contribution in [3.63, 3.8) is 0 Å². The maximum Gasteiger partial charge on any atom is 0.253 e. The molecule has 1 amide bonds. The third-order valence-electron chi connectivity index (χ3n) is 2.85. The van der Waals surface area contributed by atoms with Gasteiger partial charge in [0.05, 0.1) is 10.6 Å². The molecule has 0 aliphatic carbocycles. The summed E-state index contributed by atoms with van der Waals surface area (Å²) in [6, 6.07) is 4.31. The van der Waals surface area contributed by atoms with E-state index in [0.717, 1.165) is 6.42 Å². The molecule has 0 radical (unpaired) electrons. The molecule has 0 aromatic heterocycles. The first-order chi connectivity index (χ1) is 8.60. The van der Waals surface area contributed by atoms with E-state index in [-0.39, 0.29) is 30.2 Å². The second-order valence-corrected chi connectivity index (χ2v) is 5.03. The number of halogens is 3. The van der Waals surface area contributed by atoms with Crippen molar-refractivity contribution in [3.8, 4) is 0 Å². The Balaban J connectivity index is 0.00000180. The quantitative estimate of drug-likeness (QED) is 0.877. The molecule has 0 saturated carbocycles. The molecule has 106 valence electrons. The number of amides is 1. The number of ether oxygens (including phenoxy) is 1. The van der Waals surface area contributed by atoms with Gasteiger partial charge in [0.15, 0.2) is 0 Å². The van der Waals surface area contributed by atoms with Gasteiger partial charge in [-0.25, -0.2) is 4.39 Å². The molecule has 1 heterocycles. The van der Waals surface area contributed by atoms with Crippen molar-refractivity contribution in [2.45, 2.75) is 25.0 Å². The molecule has 1 aliphatic heterocycles. The number of nitrogens with one attached hydrogen (secondary N) is 1. The number of nitrogens with two attached hydrogens (primary N) is 1. The second kappa shape index (κ2) is 7.19. The molecule has 1 aromatic carbocycles. The standard InChI is InChI=1S/C12H14BrFN2O2.ClH/c13-9-5-7(1-3-10(9)14)16-12(17)11-4-2-8(6-15)18-11;/h1,3,5,8,11H,2,4,6,15H2,(H,16,17);1H/t8-,11+;/m1./s1. The molecular weight excluding hydrogens is 338 g/mol. The fraction of sp³-hybridized carbons (Fsp3) is 0.417. The fourth-order valence-electron chi connectivity index (χ4n) is 1.87. The van der Waals surface area contributed by atoms with Gasteiger partial charge in [0.25, 0.3) is 5.91 Å². The first-order valence-electron chi connectivity index (χ1n) is 5.71. The highest BCUT2D eigenvalue weighted by Crippen LogP contribution is 2.23. The first-order valence-corrected chi connectivity index (χ1v) is 6.51. The van der Waals surface area contributed by atoms with Crippen LogP contribution >= 0.6 is 28.3 Å². The number of benzene rings is 1. The molecule has 1 saturated heterocycles. The van der Waals surface area contributed by atoms with Crippen molar-refractivity contribution in [2.24, 2.45) is 5.73 Å². The summed E-state index contributed by atoms with van der Waals surface area (Å²) in [5.74, 6) is -0.585. The third-order valence-corrected chi connectivity index (χ3v) is 3.46. The van der Waals surface area contributed by atoms with E-state index in [1.807, 2.05) is 0 Å². The predicted octanol–water partition coefficient (Wildman–Crippen LogP) is 2.45. The maximum atomic E-state index is 13.0. The van der Waals surface area contributed by atoms with Crippen LogP contribution in [0.2, 0.25) is 0 Å². The fourth-order valence-corrected chi connectivity index (χ4v) is 2.25. The van der Waals surface area contributed by atoms with Crippen LogP contribution in [0.4, 0.5) is 10.1 Å². The summed E-state index contributed by atoms with van der Waals surface area (Å²) in [7, 11) is 0. The Bertz CT molecular complexity index is 461. The van der Waals surface area contributed by atoms with Crippen molar-refractivity contribution in [1.82, 2.24) is 0 Å². The highest BCUT2D eigenvalue weighted by atomic mass is 79.9. The van der Waals surface area contributed by atoms with E-state index >= 15 is 0 Å². The first kappa shape index (κ1) is 16.4. The Morgan fingerprint density at radius 1 is 1.53 bits per heavy atom. The molecule has 1 fully saturated rings. The van der Waals surface area contributed by atoms with Gasteiger partial charge in [0.1, 0.15) is 11.9 Å². The van der Waals surface area contributed by atoms with Crippen LogP contribution in [0, 0.1) is 5.82 Å². The summed E-state index contributed by atoms with van der Waals surface area (Å²) in [5.41, 5.74) is 6.02. The number of carbonyl (C=O) groups is 1. The zero-order valence-corrected chi connectivity index (χ0v) is 12.5. The van der Waals surface area contributed by atoms with E-state index in [1.54, 1.807) is 0 Å². The number of rotatable bonds is 3. The monoisotopic (exact) mass is 352 g/mol. The van der Waals surface area contributed by atoms with Gasteiger partial charge >= 0.3 is 0 Å². The van der Waals surface area contributed by atoms with Gasteiger partial charge in [-0.05, 0) is 47.0 Å². The molecule has 1 aliphatic rings. The molecule has 7 heteroatoms. The van der Waals surface area contributed by atoms with Crippen LogP contribution in [0.3, 0.4) is 0 Å². The number of anilines is 1. The number of hydrogen-bond acceptors (Lipinski definition) is 3. The highest BCUT2D eigenvalue weighted by molar-refractivity contribution is 9.10. The van der Waals surface area contributed by atoms with E-state index in [1.165, 1.54) is 18.2 Å². The molecule has 2 rings (SSSR count). The lowest BCUT2D eigenvalue weighted by atomic mass is 10.2. The molecule has 3 N–H and O–H groups in total. The number of carbonyl (C=O) groups excluding carboxylic acids is 1. The molecule has 1 aromatic rings. The minimum Gasteiger partial charge on any atom is -0.364 e. The van der Waals surface area contributed by atoms with Crippen molar-refractivity contribution in [1.29, 1.82) is 0 Å². The minimum absolute atomic E-state index is 0. The van der Waals surface area contributed by atoms with Crippen LogP contribution < -0.4 is 11.1 Å². The van der Waals surface area contributed by atoms with Gasteiger partial charge in [-0.15, -0.1) is 12.4 Å². The molecule has 4 nitrogen and oxygen atoms in total. The van der Waals surface area contributed by atoms with Gasteiger partial charge in [-0.1, -0.05) is 0 Å². The van der Waals surface area contributed by atoms with Crippen LogP contribution in [0.25, 0.3) is 0 Å². The Labute approximate surface area is 125 Å². The summed E-state index contributed by atoms with van der Waals surface area (Å²) in [6.45, 7) is 0.422. The smallest absolute Gasteiger partial charge is 0.253 e. The highest BCUT2D eigenvalue weighted by Gasteiger charge is 2.29. The molecule has 0 bridgehead atoms. The topological polar surface area (TPSA) is 64.4 Å². The second-order valence-electron chi connectivity index (χ2n) is 4.18. The summed E-state index contributed by atoms with van der Waals surface area (Å²) in [6.07, 6.45) is 0.945. The van der Waals surface area contributed by atoms with Gasteiger partial charge in [-0.2, -0.15) is 0 Å². The Hall–Kier alpha value is -0.690. The largest absolute Gasteiger partial charge is 0.364 e. The zero-order valence-electron chi connectivity index (χ0n) is 10.1. The van der Waals surface area contributed by atoms with E-state index in [0.29, 0.717) is 23.1 Å². The van der Waals surface area contributed by atoms with E-state index in [2.05, 4.69) is 21.2 Å². The van der Waals surface area contributed by atoms with Crippen molar-refractivity contribution in [2.75, 3.05) is 11.9 Å². The van der Waals surface area contributed by atoms with Crippen LogP contribution in [0.15, 0.2) is 22.7 Å². The molecule has 2 atom stereocenters. The van der Waals surface area contributed by atoms with Crippen molar-refractivity contribution >= 4 is 39.9 Å². The normalized spacial score (nSPS) is 21.8. The van der Waals surface area contributed by atoms with E-state index < -0.39 is 6.10 Å². The lowest BCUT2D eigenvalue weighted by molar-refractivity contribution is -0.126. The lowest BCUT2D eigenvalue weighted by Crippen LogP contribution is -2.29. The Morgan fingerprint density at radius 2 is 2.26 bits per heavy atom. The van der Waals surface area contributed by atoms with Gasteiger partial charge in [-0.3, -0.25) is 4.79 Å². The average molecular weight is 354 g/mol. The summed E-state index contributed by atoms with van der Waals surface area (Å²) < 4.78 is 18.8. The van der Waals surface area contributed by atoms with Crippen LogP contribution in [0.1, 0.15) is 12.8 Å².